The zero-order valence-corrected chi connectivity index (χ0v) is 11.4. The van der Waals surface area contributed by atoms with E-state index < -0.39 is 6.09 Å². The molecule has 0 saturated heterocycles. The van der Waals surface area contributed by atoms with Crippen LogP contribution in [0.5, 0.6) is 0 Å². The van der Waals surface area contributed by atoms with Crippen LogP contribution < -0.4 is 5.73 Å². The molecule has 0 saturated carbocycles. The molecule has 0 aromatic carbocycles. The largest absolute Gasteiger partial charge is 0.492 e. The maximum absolute atomic E-state index is 12.2. The van der Waals surface area contributed by atoms with Crippen molar-refractivity contribution in [2.24, 2.45) is 12.8 Å². The van der Waals surface area contributed by atoms with Gasteiger partial charge in [-0.15, -0.1) is 0 Å². The van der Waals surface area contributed by atoms with E-state index in [2.05, 4.69) is 0 Å². The molecule has 0 spiro atoms. The van der Waals surface area contributed by atoms with Gasteiger partial charge in [0.05, 0.1) is 12.7 Å². The number of hydrogen-bond acceptors (Lipinski definition) is 5. The van der Waals surface area contributed by atoms with E-state index in [1.807, 2.05) is 0 Å². The van der Waals surface area contributed by atoms with Crippen LogP contribution in [-0.2, 0) is 23.1 Å². The number of aromatic nitrogens is 1. The predicted molar refractivity (Wildman–Crippen MR) is 68.3 cm³/mol. The molecule has 1 amide bonds. The molecule has 2 rings (SSSR count). The summed E-state index contributed by atoms with van der Waals surface area (Å²) in [5, 5.41) is 0. The molecule has 1 aromatic rings. The third-order valence-corrected chi connectivity index (χ3v) is 3.34. The molecule has 1 aliphatic carbocycles. The summed E-state index contributed by atoms with van der Waals surface area (Å²) in [4.78, 5) is 35.1. The van der Waals surface area contributed by atoms with Gasteiger partial charge in [0.25, 0.3) is 0 Å². The van der Waals surface area contributed by atoms with Crippen molar-refractivity contribution in [3.63, 3.8) is 0 Å². The number of rotatable bonds is 3. The summed E-state index contributed by atoms with van der Waals surface area (Å²) in [5.41, 5.74) is 6.53. The number of methoxy groups -OCH3 is 1. The van der Waals surface area contributed by atoms with Crippen LogP contribution in [0.2, 0.25) is 0 Å². The summed E-state index contributed by atoms with van der Waals surface area (Å²) in [6.07, 6.45) is 0.197. The first-order valence-electron chi connectivity index (χ1n) is 5.83. The number of amides is 1. The van der Waals surface area contributed by atoms with Crippen molar-refractivity contribution in [2.45, 2.75) is 13.5 Å². The Balaban J connectivity index is 2.57. The van der Waals surface area contributed by atoms with E-state index in [-0.39, 0.29) is 35.2 Å². The summed E-state index contributed by atoms with van der Waals surface area (Å²) < 4.78 is 11.2. The van der Waals surface area contributed by atoms with Gasteiger partial charge in [-0.1, -0.05) is 0 Å². The zero-order chi connectivity index (χ0) is 15.0. The molecule has 0 atom stereocenters. The van der Waals surface area contributed by atoms with Gasteiger partial charge >= 0.3 is 6.09 Å². The molecular weight excluding hydrogens is 264 g/mol. The predicted octanol–water partition coefficient (Wildman–Crippen LogP) is 0.838. The van der Waals surface area contributed by atoms with Crippen molar-refractivity contribution in [3.8, 4) is 0 Å². The Labute approximate surface area is 114 Å². The highest BCUT2D eigenvalue weighted by atomic mass is 16.5. The van der Waals surface area contributed by atoms with E-state index in [1.54, 1.807) is 18.5 Å². The van der Waals surface area contributed by atoms with E-state index in [9.17, 15) is 14.4 Å². The molecular formula is C13H14N2O5. The van der Waals surface area contributed by atoms with Crippen LogP contribution in [0.15, 0.2) is 11.8 Å². The fourth-order valence-corrected chi connectivity index (χ4v) is 2.24. The topological polar surface area (TPSA) is 101 Å². The van der Waals surface area contributed by atoms with E-state index in [0.717, 1.165) is 6.08 Å². The molecule has 0 unspecified atom stereocenters. The minimum absolute atomic E-state index is 0.00882. The lowest BCUT2D eigenvalue weighted by Gasteiger charge is -2.13. The second-order valence-corrected chi connectivity index (χ2v) is 4.36. The number of Topliss-reactive ketones (excluding diaryl/α,β-unsaturated/α-hetero) is 1. The normalized spacial score (nSPS) is 13.8. The number of carbonyl (C=O) groups excluding carboxylic acids is 3. The van der Waals surface area contributed by atoms with Crippen LogP contribution in [0, 0.1) is 6.92 Å². The number of ketones is 2. The van der Waals surface area contributed by atoms with Crippen molar-refractivity contribution in [3.05, 3.63) is 34.3 Å². The second-order valence-electron chi connectivity index (χ2n) is 4.36. The van der Waals surface area contributed by atoms with Crippen LogP contribution in [-0.4, -0.2) is 29.3 Å². The Morgan fingerprint density at radius 1 is 1.40 bits per heavy atom. The third kappa shape index (κ3) is 1.97. The smallest absolute Gasteiger partial charge is 0.404 e. The highest BCUT2D eigenvalue weighted by Gasteiger charge is 2.34. The quantitative estimate of drug-likeness (QED) is 0.882. The SMILES string of the molecule is COC1=CC(=O)c2c(COC(N)=O)c(C)n(C)c2C1=O. The Morgan fingerprint density at radius 3 is 2.60 bits per heavy atom. The maximum atomic E-state index is 12.2. The van der Waals surface area contributed by atoms with E-state index in [4.69, 9.17) is 15.2 Å². The molecule has 0 fully saturated rings. The second kappa shape index (κ2) is 4.84. The number of nitrogens with zero attached hydrogens (tertiary/aromatic N) is 1. The standard InChI is InChI=1S/C13H14N2O5/c1-6-7(5-20-13(14)18)10-8(16)4-9(19-3)12(17)11(10)15(6)2/h4H,5H2,1-3H3,(H2,14,18). The molecule has 1 aromatic heterocycles. The van der Waals surface area contributed by atoms with Crippen molar-refractivity contribution in [1.82, 2.24) is 4.57 Å². The fraction of sp³-hybridized carbons (Fsp3) is 0.308. The third-order valence-electron chi connectivity index (χ3n) is 3.34. The average Bonchev–Trinajstić information content (AvgIpc) is 2.65. The number of allylic oxidation sites excluding steroid dienone is 2. The molecule has 0 radical (unpaired) electrons. The van der Waals surface area contributed by atoms with Crippen molar-refractivity contribution >= 4 is 17.7 Å². The molecule has 7 nitrogen and oxygen atoms in total. The summed E-state index contributed by atoms with van der Waals surface area (Å²) in [6.45, 7) is 1.57. The monoisotopic (exact) mass is 278 g/mol. The van der Waals surface area contributed by atoms with Crippen molar-refractivity contribution in [2.75, 3.05) is 7.11 Å². The first kappa shape index (κ1) is 13.9. The van der Waals surface area contributed by atoms with Gasteiger partial charge in [0.1, 0.15) is 12.3 Å². The van der Waals surface area contributed by atoms with Crippen LogP contribution in [0.25, 0.3) is 0 Å². The van der Waals surface area contributed by atoms with Crippen molar-refractivity contribution in [1.29, 1.82) is 0 Å². The lowest BCUT2D eigenvalue weighted by atomic mass is 9.96. The molecule has 7 heteroatoms. The molecule has 1 heterocycles. The van der Waals surface area contributed by atoms with Gasteiger partial charge in [0.15, 0.2) is 11.5 Å². The Morgan fingerprint density at radius 2 is 2.05 bits per heavy atom. The van der Waals surface area contributed by atoms with Gasteiger partial charge < -0.3 is 19.8 Å². The zero-order valence-electron chi connectivity index (χ0n) is 11.4. The highest BCUT2D eigenvalue weighted by molar-refractivity contribution is 6.24. The van der Waals surface area contributed by atoms with Crippen LogP contribution in [0.3, 0.4) is 0 Å². The first-order valence-corrected chi connectivity index (χ1v) is 5.83. The molecule has 2 N–H and O–H groups in total. The minimum Gasteiger partial charge on any atom is -0.492 e. The minimum atomic E-state index is -0.940. The van der Waals surface area contributed by atoms with Crippen LogP contribution in [0.4, 0.5) is 4.79 Å². The highest BCUT2D eigenvalue weighted by Crippen LogP contribution is 2.29. The van der Waals surface area contributed by atoms with Gasteiger partial charge in [0.2, 0.25) is 5.78 Å². The van der Waals surface area contributed by atoms with Gasteiger partial charge in [0, 0.05) is 24.4 Å². The summed E-state index contributed by atoms with van der Waals surface area (Å²) in [5.74, 6) is -0.744. The van der Waals surface area contributed by atoms with Gasteiger partial charge in [-0.05, 0) is 6.92 Å². The Kier molecular flexibility index (Phi) is 3.35. The summed E-state index contributed by atoms with van der Waals surface area (Å²) in [6, 6.07) is 0. The number of fused-ring (bicyclic) bond motifs is 1. The van der Waals surface area contributed by atoms with E-state index >= 15 is 0 Å². The summed E-state index contributed by atoms with van der Waals surface area (Å²) >= 11 is 0. The molecule has 20 heavy (non-hydrogen) atoms. The van der Waals surface area contributed by atoms with Gasteiger partial charge in [-0.3, -0.25) is 9.59 Å². The lowest BCUT2D eigenvalue weighted by Crippen LogP contribution is -2.20. The van der Waals surface area contributed by atoms with Gasteiger partial charge in [-0.2, -0.15) is 0 Å². The summed E-state index contributed by atoms with van der Waals surface area (Å²) in [7, 11) is 2.99. The number of hydrogen-bond donors (Lipinski definition) is 1. The lowest BCUT2D eigenvalue weighted by molar-refractivity contribution is 0.0908. The number of nitrogens with two attached hydrogens (primary N) is 1. The van der Waals surface area contributed by atoms with E-state index in [0.29, 0.717) is 11.3 Å². The molecule has 106 valence electrons. The number of ether oxygens (including phenoxy) is 2. The Hall–Kier alpha value is -2.57. The molecule has 1 aliphatic rings. The molecule has 0 bridgehead atoms. The number of primary amides is 1. The maximum Gasteiger partial charge on any atom is 0.404 e. The number of carbonyl (C=O) groups is 3. The fourth-order valence-electron chi connectivity index (χ4n) is 2.24. The van der Waals surface area contributed by atoms with Gasteiger partial charge in [-0.25, -0.2) is 4.79 Å². The first-order chi connectivity index (χ1) is 9.38. The van der Waals surface area contributed by atoms with E-state index in [1.165, 1.54) is 7.11 Å². The average molecular weight is 278 g/mol. The van der Waals surface area contributed by atoms with Crippen LogP contribution >= 0.6 is 0 Å². The van der Waals surface area contributed by atoms with Crippen molar-refractivity contribution < 1.29 is 23.9 Å². The van der Waals surface area contributed by atoms with Crippen LogP contribution in [0.1, 0.15) is 32.1 Å². The Bertz CT molecular complexity index is 654. The molecule has 0 aliphatic heterocycles.